The molecule has 172 valence electrons. The number of fused-ring (bicyclic) bond motifs is 1. The number of hydrogen-bond donors (Lipinski definition) is 2. The number of hydrogen-bond acceptors (Lipinski definition) is 15. The summed E-state index contributed by atoms with van der Waals surface area (Å²) in [6.45, 7) is 0.182. The Bertz CT molecular complexity index is 1170. The van der Waals surface area contributed by atoms with Gasteiger partial charge in [0.15, 0.2) is 19.0 Å². The summed E-state index contributed by atoms with van der Waals surface area (Å²) in [5, 5.41) is 18.4. The molecule has 2 aromatic rings. The van der Waals surface area contributed by atoms with E-state index in [9.17, 15) is 27.4 Å². The fourth-order valence-corrected chi connectivity index (χ4v) is 7.14. The summed E-state index contributed by atoms with van der Waals surface area (Å²) < 4.78 is 34.7. The van der Waals surface area contributed by atoms with E-state index in [2.05, 4.69) is 25.7 Å². The zero-order chi connectivity index (χ0) is 23.0. The summed E-state index contributed by atoms with van der Waals surface area (Å²) in [5.74, 6) is -1.56. The third kappa shape index (κ3) is 5.96. The van der Waals surface area contributed by atoms with Gasteiger partial charge in [-0.05, 0) is 6.42 Å². The number of nitrogen functional groups attached to an aromatic ring is 1. The van der Waals surface area contributed by atoms with Crippen LogP contribution in [0.25, 0.3) is 0 Å². The molecule has 4 heterocycles. The standard InChI is InChI=1S/C13H14N8O6S5.Na/c14-10-16-18-12(30-10)28-3-6(22)15-11-17-19-13(31-11)29-4-7(23)20-2-1-5-8(20)9(24)21(5)32(25,26)27;/h5,8H,1-4H2,(H2,14,16)(H,15,17,22)(H,25,26,27);/q;+1/p-1/t5-,8+;/m1./s1. The smallest absolute Gasteiger partial charge is 0.731 e. The molecule has 3 amide bonds. The Balaban J connectivity index is 0.00000306. The van der Waals surface area contributed by atoms with Gasteiger partial charge in [-0.3, -0.25) is 19.7 Å². The van der Waals surface area contributed by atoms with E-state index >= 15 is 0 Å². The van der Waals surface area contributed by atoms with Crippen molar-refractivity contribution in [3.63, 3.8) is 0 Å². The van der Waals surface area contributed by atoms with Crippen molar-refractivity contribution in [2.24, 2.45) is 0 Å². The number of β-lactam (4-membered cyclic amide) rings is 1. The molecule has 4 rings (SSSR count). The van der Waals surface area contributed by atoms with Crippen molar-refractivity contribution < 1.29 is 56.9 Å². The van der Waals surface area contributed by atoms with E-state index in [0.717, 1.165) is 23.1 Å². The van der Waals surface area contributed by atoms with E-state index in [1.807, 2.05) is 0 Å². The van der Waals surface area contributed by atoms with Crippen LogP contribution in [0.1, 0.15) is 6.42 Å². The second-order valence-corrected chi connectivity index (χ2v) is 12.1. The fourth-order valence-electron chi connectivity index (χ4n) is 3.17. The van der Waals surface area contributed by atoms with Crippen molar-refractivity contribution in [1.29, 1.82) is 0 Å². The van der Waals surface area contributed by atoms with Gasteiger partial charge in [-0.1, -0.05) is 46.2 Å². The minimum Gasteiger partial charge on any atom is -0.731 e. The molecule has 0 unspecified atom stereocenters. The third-order valence-corrected chi connectivity index (χ3v) is 9.19. The van der Waals surface area contributed by atoms with Crippen LogP contribution in [-0.2, 0) is 24.7 Å². The van der Waals surface area contributed by atoms with Gasteiger partial charge in [0.1, 0.15) is 6.04 Å². The van der Waals surface area contributed by atoms with Gasteiger partial charge in [0.25, 0.3) is 5.91 Å². The second-order valence-electron chi connectivity index (χ2n) is 6.38. The molecule has 2 fully saturated rings. The fraction of sp³-hybridized carbons (Fsp3) is 0.462. The summed E-state index contributed by atoms with van der Waals surface area (Å²) in [4.78, 5) is 37.8. The van der Waals surface area contributed by atoms with Gasteiger partial charge in [-0.25, -0.2) is 12.7 Å². The molecule has 0 radical (unpaired) electrons. The molecule has 2 aliphatic heterocycles. The molecule has 0 aromatic carbocycles. The van der Waals surface area contributed by atoms with Crippen LogP contribution in [-0.4, -0.2) is 90.4 Å². The Labute approximate surface area is 225 Å². The molecule has 2 aliphatic rings. The van der Waals surface area contributed by atoms with E-state index in [4.69, 9.17) is 5.73 Å². The van der Waals surface area contributed by atoms with Gasteiger partial charge >= 0.3 is 29.6 Å². The molecule has 0 bridgehead atoms. The van der Waals surface area contributed by atoms with Gasteiger partial charge in [0.05, 0.1) is 17.5 Å². The number of nitrogens with two attached hydrogens (primary N) is 1. The molecule has 2 aromatic heterocycles. The summed E-state index contributed by atoms with van der Waals surface area (Å²) in [7, 11) is -4.87. The van der Waals surface area contributed by atoms with E-state index in [1.54, 1.807) is 0 Å². The van der Waals surface area contributed by atoms with Gasteiger partial charge < -0.3 is 15.2 Å². The summed E-state index contributed by atoms with van der Waals surface area (Å²) in [6, 6.07) is -1.71. The molecular formula is C13H13N8NaO6S5. The SMILES string of the molecule is Nc1nnc(SCC(=O)Nc2nnc(SCC(=O)N3CC[C@@H]4[C@H]3C(=O)N4S(=O)(=O)[O-])s2)s1.[Na+]. The first-order valence-corrected chi connectivity index (χ1v) is 13.7. The first kappa shape index (κ1) is 26.5. The average Bonchev–Trinajstić information content (AvgIpc) is 3.42. The predicted molar refractivity (Wildman–Crippen MR) is 115 cm³/mol. The second kappa shape index (κ2) is 10.7. The van der Waals surface area contributed by atoms with Crippen LogP contribution in [0.4, 0.5) is 10.3 Å². The number of aromatic nitrogens is 4. The molecule has 0 aliphatic carbocycles. The van der Waals surface area contributed by atoms with Gasteiger partial charge in [-0.15, -0.1) is 20.4 Å². The normalized spacial score (nSPS) is 19.6. The van der Waals surface area contributed by atoms with E-state index in [0.29, 0.717) is 18.1 Å². The number of amides is 3. The minimum atomic E-state index is -4.87. The Hall–Kier alpha value is -1.06. The summed E-state index contributed by atoms with van der Waals surface area (Å²) in [6.07, 6.45) is 0.227. The third-order valence-electron chi connectivity index (χ3n) is 4.42. The maximum atomic E-state index is 12.5. The molecule has 3 N–H and O–H groups in total. The summed E-state index contributed by atoms with van der Waals surface area (Å²) in [5.41, 5.74) is 5.48. The number of nitrogens with zero attached hydrogens (tertiary/aromatic N) is 6. The number of carbonyl (C=O) groups excluding carboxylic acids is 3. The maximum Gasteiger partial charge on any atom is 1.00 e. The molecule has 0 spiro atoms. The number of nitrogens with one attached hydrogen (secondary N) is 1. The van der Waals surface area contributed by atoms with Crippen LogP contribution in [0, 0.1) is 0 Å². The predicted octanol–water partition coefficient (Wildman–Crippen LogP) is -3.93. The van der Waals surface area contributed by atoms with Crippen LogP contribution >= 0.6 is 46.2 Å². The largest absolute Gasteiger partial charge is 1.00 e. The van der Waals surface area contributed by atoms with Crippen molar-refractivity contribution in [3.8, 4) is 0 Å². The van der Waals surface area contributed by atoms with Crippen LogP contribution in [0.3, 0.4) is 0 Å². The number of anilines is 2. The van der Waals surface area contributed by atoms with Crippen molar-refractivity contribution in [2.75, 3.05) is 29.1 Å². The van der Waals surface area contributed by atoms with Crippen molar-refractivity contribution in [2.45, 2.75) is 27.2 Å². The Kier molecular flexibility index (Phi) is 8.60. The van der Waals surface area contributed by atoms with Gasteiger partial charge in [0, 0.05) is 6.54 Å². The molecule has 2 saturated heterocycles. The van der Waals surface area contributed by atoms with E-state index in [1.165, 1.54) is 28.0 Å². The minimum absolute atomic E-state index is 0. The molecule has 20 heteroatoms. The summed E-state index contributed by atoms with van der Waals surface area (Å²) >= 11 is 4.50. The van der Waals surface area contributed by atoms with E-state index < -0.39 is 28.3 Å². The number of carbonyl (C=O) groups is 3. The van der Waals surface area contributed by atoms with Gasteiger partial charge in [0.2, 0.25) is 22.1 Å². The molecular weight excluding hydrogens is 548 g/mol. The quantitative estimate of drug-likeness (QED) is 0.104. The van der Waals surface area contributed by atoms with Crippen LogP contribution in [0.2, 0.25) is 0 Å². The maximum absolute atomic E-state index is 12.5. The molecule has 0 saturated carbocycles. The zero-order valence-corrected chi connectivity index (χ0v) is 22.8. The molecule has 2 atom stereocenters. The van der Waals surface area contributed by atoms with Crippen molar-refractivity contribution in [1.82, 2.24) is 29.6 Å². The number of thioether (sulfide) groups is 2. The van der Waals surface area contributed by atoms with Crippen molar-refractivity contribution >= 4 is 84.5 Å². The average molecular weight is 561 g/mol. The number of rotatable bonds is 8. The topological polar surface area (TPSA) is 204 Å². The Morgan fingerprint density at radius 2 is 1.82 bits per heavy atom. The Morgan fingerprint density at radius 3 is 2.48 bits per heavy atom. The molecule has 33 heavy (non-hydrogen) atoms. The van der Waals surface area contributed by atoms with Crippen LogP contribution in [0.5, 0.6) is 0 Å². The molecule has 14 nitrogen and oxygen atoms in total. The first-order chi connectivity index (χ1) is 15.1. The monoisotopic (exact) mass is 560 g/mol. The van der Waals surface area contributed by atoms with Gasteiger partial charge in [-0.2, -0.15) is 0 Å². The van der Waals surface area contributed by atoms with Crippen molar-refractivity contribution in [3.05, 3.63) is 0 Å². The first-order valence-electron chi connectivity index (χ1n) is 8.70. The van der Waals surface area contributed by atoms with E-state index in [-0.39, 0.29) is 71.0 Å². The zero-order valence-electron chi connectivity index (χ0n) is 16.7. The van der Waals surface area contributed by atoms with Crippen LogP contribution < -0.4 is 40.6 Å². The Morgan fingerprint density at radius 1 is 1.15 bits per heavy atom. The van der Waals surface area contributed by atoms with Crippen LogP contribution in [0.15, 0.2) is 8.68 Å². The number of likely N-dealkylation sites (tertiary alicyclic amines) is 1.